The summed E-state index contributed by atoms with van der Waals surface area (Å²) in [5.74, 6) is -1.63. The summed E-state index contributed by atoms with van der Waals surface area (Å²) < 4.78 is 40.2. The van der Waals surface area contributed by atoms with E-state index >= 15 is 0 Å². The van der Waals surface area contributed by atoms with Crippen LogP contribution in [-0.2, 0) is 24.4 Å². The first-order chi connectivity index (χ1) is 24.8. The van der Waals surface area contributed by atoms with Gasteiger partial charge in [-0.25, -0.2) is 18.4 Å². The van der Waals surface area contributed by atoms with Crippen molar-refractivity contribution in [3.8, 4) is 22.2 Å². The van der Waals surface area contributed by atoms with Crippen LogP contribution in [-0.4, -0.2) is 78.6 Å². The molecule has 7 rings (SSSR count). The summed E-state index contributed by atoms with van der Waals surface area (Å²) in [5, 5.41) is 5.95. The van der Waals surface area contributed by atoms with Gasteiger partial charge in [-0.1, -0.05) is 26.0 Å². The van der Waals surface area contributed by atoms with Crippen molar-refractivity contribution in [3.63, 3.8) is 0 Å². The van der Waals surface area contributed by atoms with E-state index < -0.39 is 50.6 Å². The van der Waals surface area contributed by atoms with E-state index in [1.165, 1.54) is 11.3 Å². The van der Waals surface area contributed by atoms with Crippen LogP contribution in [0.25, 0.3) is 21.6 Å². The second-order valence-corrected chi connectivity index (χ2v) is 17.9. The Kier molecular flexibility index (Phi) is 9.83. The molecule has 3 fully saturated rings. The van der Waals surface area contributed by atoms with E-state index in [0.717, 1.165) is 40.9 Å². The van der Waals surface area contributed by atoms with E-state index in [0.29, 0.717) is 48.5 Å². The van der Waals surface area contributed by atoms with E-state index in [2.05, 4.69) is 23.9 Å². The predicted molar refractivity (Wildman–Crippen MR) is 199 cm³/mol. The molecule has 0 saturated heterocycles. The van der Waals surface area contributed by atoms with Crippen molar-refractivity contribution in [2.24, 2.45) is 17.8 Å². The number of fused-ring (bicyclic) bond motifs is 3. The normalized spacial score (nSPS) is 27.4. The molecule has 1 aliphatic heterocycles. The van der Waals surface area contributed by atoms with Crippen molar-refractivity contribution >= 4 is 50.0 Å². The second kappa shape index (κ2) is 14.1. The number of allylic oxidation sites excluding steroid dienone is 1. The van der Waals surface area contributed by atoms with Gasteiger partial charge in [0.2, 0.25) is 21.8 Å². The summed E-state index contributed by atoms with van der Waals surface area (Å²) in [6, 6.07) is 5.66. The molecule has 0 bridgehead atoms. The number of aromatic nitrogens is 2. The molecule has 4 aliphatic rings. The van der Waals surface area contributed by atoms with Gasteiger partial charge in [0, 0.05) is 41.9 Å². The van der Waals surface area contributed by atoms with Crippen molar-refractivity contribution in [3.05, 3.63) is 47.0 Å². The lowest BCUT2D eigenvalue weighted by molar-refractivity contribution is -0.140. The van der Waals surface area contributed by atoms with Gasteiger partial charge in [-0.3, -0.25) is 19.1 Å². The Balaban J connectivity index is 1.21. The molecule has 3 saturated carbocycles. The van der Waals surface area contributed by atoms with Crippen molar-refractivity contribution < 1.29 is 32.3 Å². The van der Waals surface area contributed by atoms with Crippen molar-refractivity contribution in [2.75, 3.05) is 20.7 Å². The van der Waals surface area contributed by atoms with Crippen molar-refractivity contribution in [1.29, 1.82) is 0 Å². The summed E-state index contributed by atoms with van der Waals surface area (Å²) >= 11 is 1.51. The Morgan fingerprint density at radius 1 is 1.12 bits per heavy atom. The largest absolute Gasteiger partial charge is 0.496 e. The fourth-order valence-corrected chi connectivity index (χ4v) is 9.85. The zero-order valence-electron chi connectivity index (χ0n) is 30.3. The molecule has 12 nitrogen and oxygen atoms in total. The van der Waals surface area contributed by atoms with Crippen molar-refractivity contribution in [2.45, 2.75) is 94.9 Å². The number of sulfonamides is 1. The quantitative estimate of drug-likeness (QED) is 0.294. The third-order valence-electron chi connectivity index (χ3n) is 11.0. The van der Waals surface area contributed by atoms with Crippen LogP contribution in [0.4, 0.5) is 0 Å². The van der Waals surface area contributed by atoms with E-state index in [1.807, 2.05) is 42.7 Å². The van der Waals surface area contributed by atoms with Gasteiger partial charge in [-0.15, -0.1) is 11.3 Å². The number of carbonyl (C=O) groups excluding carboxylic acids is 3. The summed E-state index contributed by atoms with van der Waals surface area (Å²) in [7, 11) is -0.445. The molecule has 14 heteroatoms. The number of methoxy groups -OCH3 is 1. The minimum absolute atomic E-state index is 0.147. The summed E-state index contributed by atoms with van der Waals surface area (Å²) in [5.41, 5.74) is 1.79. The Hall–Kier alpha value is -4.04. The summed E-state index contributed by atoms with van der Waals surface area (Å²) in [6.45, 7) is 6.69. The average Bonchev–Trinajstić information content (AvgIpc) is 3.98. The van der Waals surface area contributed by atoms with Crippen LogP contribution in [0.15, 0.2) is 35.7 Å². The average molecular weight is 750 g/mol. The maximum absolute atomic E-state index is 14.3. The van der Waals surface area contributed by atoms with E-state index in [9.17, 15) is 22.8 Å². The van der Waals surface area contributed by atoms with Crippen LogP contribution < -0.4 is 19.5 Å². The van der Waals surface area contributed by atoms with Gasteiger partial charge in [0.1, 0.15) is 33.8 Å². The number of nitrogens with one attached hydrogen (secondary N) is 2. The molecule has 0 spiro atoms. The lowest BCUT2D eigenvalue weighted by Gasteiger charge is -2.26. The Morgan fingerprint density at radius 3 is 2.60 bits per heavy atom. The molecule has 1 aromatic carbocycles. The smallest absolute Gasteiger partial charge is 0.259 e. The number of aryl methyl sites for hydroxylation is 1. The number of ether oxygens (including phenoxy) is 2. The molecule has 52 heavy (non-hydrogen) atoms. The maximum Gasteiger partial charge on any atom is 0.259 e. The summed E-state index contributed by atoms with van der Waals surface area (Å²) in [4.78, 5) is 53.5. The van der Waals surface area contributed by atoms with Crippen LogP contribution >= 0.6 is 11.3 Å². The Bertz CT molecular complexity index is 2040. The van der Waals surface area contributed by atoms with Gasteiger partial charge in [0.05, 0.1) is 35.4 Å². The van der Waals surface area contributed by atoms with Gasteiger partial charge < -0.3 is 19.7 Å². The van der Waals surface area contributed by atoms with Gasteiger partial charge in [0.15, 0.2) is 0 Å². The monoisotopic (exact) mass is 749 g/mol. The lowest BCUT2D eigenvalue weighted by Crippen LogP contribution is -2.54. The first-order valence-corrected chi connectivity index (χ1v) is 20.6. The van der Waals surface area contributed by atoms with Crippen molar-refractivity contribution in [1.82, 2.24) is 24.9 Å². The van der Waals surface area contributed by atoms with Crippen LogP contribution in [0.3, 0.4) is 0 Å². The molecule has 3 aromatic rings. The first-order valence-electron chi connectivity index (χ1n) is 18.2. The Labute approximate surface area is 308 Å². The first kappa shape index (κ1) is 36.3. The topological polar surface area (TPSA) is 157 Å². The standard InChI is InChI=1S/C38H47N5O7S2/c1-21(2)30-20-51-35(40-30)29-18-32(26-13-14-31(49-5)22(3)33(26)39-29)50-24-16-27-28(17-24)36(45)43(4)15-9-7-6-8-10-23-19-38(23,41-34(27)44)37(46)42-52(47,48)25-11-12-25/h8,10,13-14,18,20-21,23-25,27-28H,6-7,9,11-12,15-17,19H2,1-5H3,(H,41,44)(H,42,46)/b10-8-/t23-,24-,27+,28+,38+/m0/s1. The molecule has 3 heterocycles. The molecule has 278 valence electrons. The molecule has 3 amide bonds. The maximum atomic E-state index is 14.3. The second-order valence-electron chi connectivity index (χ2n) is 15.1. The fraction of sp³-hybridized carbons (Fsp3) is 0.553. The number of nitrogens with zero attached hydrogens (tertiary/aromatic N) is 3. The third-order valence-corrected chi connectivity index (χ3v) is 13.7. The van der Waals surface area contributed by atoms with E-state index in [4.69, 9.17) is 19.4 Å². The number of carbonyl (C=O) groups is 3. The number of amides is 3. The highest BCUT2D eigenvalue weighted by atomic mass is 32.2. The number of hydrogen-bond donors (Lipinski definition) is 2. The Morgan fingerprint density at radius 2 is 1.88 bits per heavy atom. The number of pyridine rings is 1. The zero-order valence-corrected chi connectivity index (χ0v) is 31.9. The zero-order chi connectivity index (χ0) is 36.9. The number of thiazole rings is 1. The van der Waals surface area contributed by atoms with Gasteiger partial charge in [-0.2, -0.15) is 0 Å². The third kappa shape index (κ3) is 7.03. The fourth-order valence-electron chi connectivity index (χ4n) is 7.55. The molecule has 0 radical (unpaired) electrons. The number of hydrogen-bond acceptors (Lipinski definition) is 10. The predicted octanol–water partition coefficient (Wildman–Crippen LogP) is 5.25. The van der Waals surface area contributed by atoms with Gasteiger partial charge in [0.25, 0.3) is 5.91 Å². The highest BCUT2D eigenvalue weighted by Gasteiger charge is 2.62. The number of rotatable bonds is 8. The minimum Gasteiger partial charge on any atom is -0.496 e. The van der Waals surface area contributed by atoms with Crippen LogP contribution in [0.2, 0.25) is 0 Å². The molecule has 3 aliphatic carbocycles. The van der Waals surface area contributed by atoms with Crippen LogP contribution in [0.1, 0.15) is 82.4 Å². The highest BCUT2D eigenvalue weighted by molar-refractivity contribution is 7.91. The number of benzene rings is 1. The molecule has 2 N–H and O–H groups in total. The summed E-state index contributed by atoms with van der Waals surface area (Å²) in [6.07, 6.45) is 7.61. The van der Waals surface area contributed by atoms with Crippen LogP contribution in [0.5, 0.6) is 11.5 Å². The molecular formula is C38H47N5O7S2. The van der Waals surface area contributed by atoms with E-state index in [1.54, 1.807) is 19.1 Å². The van der Waals surface area contributed by atoms with E-state index in [-0.39, 0.29) is 30.6 Å². The van der Waals surface area contributed by atoms with Gasteiger partial charge in [-0.05, 0) is 76.3 Å². The lowest BCUT2D eigenvalue weighted by atomic mass is 9.93. The molecule has 5 atom stereocenters. The molecule has 0 unspecified atom stereocenters. The minimum atomic E-state index is -3.83. The molecular weight excluding hydrogens is 703 g/mol. The SMILES string of the molecule is COc1ccc2c(O[C@H]3C[C@H]4C(=O)N[C@]5(C(=O)NS(=O)(=O)C6CC6)C[C@@H]5/C=C\CCCCN(C)C(=O)[C@@H]4C3)cc(-c3nc(C(C)C)cs3)nc2c1C. The molecule has 2 aromatic heterocycles. The highest BCUT2D eigenvalue weighted by Crippen LogP contribution is 2.47. The van der Waals surface area contributed by atoms with Gasteiger partial charge >= 0.3 is 0 Å². The van der Waals surface area contributed by atoms with Crippen LogP contribution in [0, 0.1) is 24.7 Å².